The zero-order valence-electron chi connectivity index (χ0n) is 23.7. The molecule has 0 saturated carbocycles. The minimum Gasteiger partial charge on any atom is -0.480 e. The van der Waals surface area contributed by atoms with Crippen molar-refractivity contribution in [2.24, 2.45) is 23.1 Å². The molecule has 0 bridgehead atoms. The van der Waals surface area contributed by atoms with E-state index in [1.807, 2.05) is 38.1 Å². The normalized spacial score (nSPS) is 14.2. The first-order valence-electron chi connectivity index (χ1n) is 13.9. The van der Waals surface area contributed by atoms with E-state index in [9.17, 15) is 29.1 Å². The summed E-state index contributed by atoms with van der Waals surface area (Å²) in [6.07, 6.45) is 3.25. The topological polar surface area (TPSA) is 236 Å². The van der Waals surface area contributed by atoms with Crippen LogP contribution in [-0.4, -0.2) is 70.4 Å². The lowest BCUT2D eigenvalue weighted by Gasteiger charge is -2.25. The molecule has 0 aliphatic rings. The van der Waals surface area contributed by atoms with Gasteiger partial charge in [-0.15, -0.1) is 0 Å². The van der Waals surface area contributed by atoms with E-state index in [-0.39, 0.29) is 38.0 Å². The molecule has 1 aromatic heterocycles. The van der Waals surface area contributed by atoms with Gasteiger partial charge in [0.05, 0.1) is 6.04 Å². The van der Waals surface area contributed by atoms with Gasteiger partial charge in [0.1, 0.15) is 18.1 Å². The number of nitrogens with two attached hydrogens (primary N) is 3. The Morgan fingerprint density at radius 2 is 1.54 bits per heavy atom. The van der Waals surface area contributed by atoms with E-state index in [4.69, 9.17) is 17.2 Å². The number of primary amides is 1. The number of H-pyrrole nitrogens is 1. The summed E-state index contributed by atoms with van der Waals surface area (Å²) in [5.74, 6) is -3.71. The summed E-state index contributed by atoms with van der Waals surface area (Å²) < 4.78 is 0. The van der Waals surface area contributed by atoms with Gasteiger partial charge in [-0.3, -0.25) is 19.2 Å². The molecule has 13 nitrogen and oxygen atoms in total. The Balaban J connectivity index is 2.29. The zero-order valence-corrected chi connectivity index (χ0v) is 23.7. The van der Waals surface area contributed by atoms with Crippen molar-refractivity contribution in [2.45, 2.75) is 83.0 Å². The minimum atomic E-state index is -1.17. The number of carboxylic acid groups (broad SMARTS) is 1. The van der Waals surface area contributed by atoms with Gasteiger partial charge < -0.3 is 43.2 Å². The lowest BCUT2D eigenvalue weighted by atomic mass is 10.0. The van der Waals surface area contributed by atoms with Gasteiger partial charge in [0, 0.05) is 29.9 Å². The number of para-hydroxylation sites is 1. The van der Waals surface area contributed by atoms with Crippen molar-refractivity contribution in [1.29, 1.82) is 0 Å². The second-order valence-electron chi connectivity index (χ2n) is 10.6. The Hall–Kier alpha value is -3.97. The largest absolute Gasteiger partial charge is 0.480 e. The molecule has 0 saturated heterocycles. The smallest absolute Gasteiger partial charge is 0.326 e. The molecule has 0 aliphatic carbocycles. The summed E-state index contributed by atoms with van der Waals surface area (Å²) in [5.41, 5.74) is 18.3. The molecule has 2 rings (SSSR count). The van der Waals surface area contributed by atoms with Crippen LogP contribution < -0.4 is 33.2 Å². The van der Waals surface area contributed by atoms with Crippen molar-refractivity contribution in [3.8, 4) is 0 Å². The Morgan fingerprint density at radius 1 is 0.902 bits per heavy atom. The van der Waals surface area contributed by atoms with Crippen molar-refractivity contribution in [3.63, 3.8) is 0 Å². The molecule has 0 spiro atoms. The van der Waals surface area contributed by atoms with Crippen LogP contribution in [0.3, 0.4) is 0 Å². The van der Waals surface area contributed by atoms with Gasteiger partial charge in [-0.25, -0.2) is 4.79 Å². The number of benzene rings is 1. The third-order valence-corrected chi connectivity index (χ3v) is 6.67. The number of carbonyl (C=O) groups excluding carboxylic acids is 4. The summed E-state index contributed by atoms with van der Waals surface area (Å²) in [4.78, 5) is 65.7. The van der Waals surface area contributed by atoms with E-state index in [2.05, 4.69) is 20.9 Å². The first-order valence-corrected chi connectivity index (χ1v) is 13.9. The van der Waals surface area contributed by atoms with E-state index in [1.54, 1.807) is 6.20 Å². The Bertz CT molecular complexity index is 1200. The quantitative estimate of drug-likeness (QED) is 0.113. The van der Waals surface area contributed by atoms with Crippen molar-refractivity contribution in [3.05, 3.63) is 36.0 Å². The first kappa shape index (κ1) is 33.2. The summed E-state index contributed by atoms with van der Waals surface area (Å²) >= 11 is 0. The number of unbranched alkanes of at least 4 members (excludes halogenated alkanes) is 1. The van der Waals surface area contributed by atoms with Crippen LogP contribution in [0.15, 0.2) is 30.5 Å². The van der Waals surface area contributed by atoms with Crippen LogP contribution >= 0.6 is 0 Å². The highest BCUT2D eigenvalue weighted by atomic mass is 16.4. The van der Waals surface area contributed by atoms with E-state index in [0.717, 1.165) is 16.5 Å². The predicted octanol–water partition coefficient (Wildman–Crippen LogP) is 0.0173. The fourth-order valence-electron chi connectivity index (χ4n) is 4.44. The number of carbonyl (C=O) groups is 5. The molecule has 4 amide bonds. The highest BCUT2D eigenvalue weighted by Gasteiger charge is 2.31. The molecule has 13 heteroatoms. The average Bonchev–Trinajstić information content (AvgIpc) is 3.32. The molecule has 11 N–H and O–H groups in total. The molecule has 4 unspecified atom stereocenters. The number of rotatable bonds is 18. The highest BCUT2D eigenvalue weighted by molar-refractivity contribution is 5.95. The lowest BCUT2D eigenvalue weighted by molar-refractivity contribution is -0.143. The number of hydrogen-bond acceptors (Lipinski definition) is 7. The lowest BCUT2D eigenvalue weighted by Crippen LogP contribution is -2.57. The van der Waals surface area contributed by atoms with Crippen molar-refractivity contribution < 1.29 is 29.1 Å². The number of fused-ring (bicyclic) bond motifs is 1. The fourth-order valence-corrected chi connectivity index (χ4v) is 4.44. The van der Waals surface area contributed by atoms with Crippen molar-refractivity contribution in [2.75, 3.05) is 6.54 Å². The van der Waals surface area contributed by atoms with Gasteiger partial charge in [-0.2, -0.15) is 0 Å². The van der Waals surface area contributed by atoms with Crippen LogP contribution in [0.4, 0.5) is 0 Å². The average molecular weight is 574 g/mol. The number of amides is 4. The molecule has 226 valence electrons. The second kappa shape index (κ2) is 16.3. The molecular formula is C28H43N7O6. The number of hydrogen-bond donors (Lipinski definition) is 8. The third kappa shape index (κ3) is 10.8. The number of nitrogens with one attached hydrogen (secondary N) is 4. The number of aromatic amines is 1. The molecule has 4 atom stereocenters. The maximum atomic E-state index is 13.6. The maximum absolute atomic E-state index is 13.6. The summed E-state index contributed by atoms with van der Waals surface area (Å²) in [5, 5.41) is 18.3. The number of carboxylic acids is 1. The predicted molar refractivity (Wildman–Crippen MR) is 154 cm³/mol. The molecule has 0 radical (unpaired) electrons. The molecule has 0 fully saturated rings. The van der Waals surface area contributed by atoms with Crippen LogP contribution in [0.1, 0.15) is 57.9 Å². The van der Waals surface area contributed by atoms with Crippen LogP contribution in [0.2, 0.25) is 0 Å². The molecule has 41 heavy (non-hydrogen) atoms. The minimum absolute atomic E-state index is 0.000854. The Kier molecular flexibility index (Phi) is 13.2. The molecule has 0 aliphatic heterocycles. The van der Waals surface area contributed by atoms with Gasteiger partial charge >= 0.3 is 5.97 Å². The monoisotopic (exact) mass is 573 g/mol. The molecule has 2 aromatic rings. The van der Waals surface area contributed by atoms with Crippen LogP contribution in [-0.2, 0) is 30.4 Å². The first-order chi connectivity index (χ1) is 19.4. The molecular weight excluding hydrogens is 530 g/mol. The van der Waals surface area contributed by atoms with Gasteiger partial charge in [0.25, 0.3) is 0 Å². The van der Waals surface area contributed by atoms with Gasteiger partial charge in [-0.05, 0) is 56.2 Å². The van der Waals surface area contributed by atoms with E-state index in [1.165, 1.54) is 0 Å². The number of aromatic nitrogens is 1. The SMILES string of the molecule is CC(C)CC(NC(=O)C(CCCCN)NC(=O)C(Cc1c[nH]c2ccccc12)NC(=O)C(N)CCC(N)=O)C(=O)O. The fraction of sp³-hybridized carbons (Fsp3) is 0.536. The zero-order chi connectivity index (χ0) is 30.5. The van der Waals surface area contributed by atoms with Gasteiger partial charge in [0.2, 0.25) is 23.6 Å². The maximum Gasteiger partial charge on any atom is 0.326 e. The van der Waals surface area contributed by atoms with E-state index < -0.39 is 53.8 Å². The highest BCUT2D eigenvalue weighted by Crippen LogP contribution is 2.19. The Morgan fingerprint density at radius 3 is 2.17 bits per heavy atom. The number of aliphatic carboxylic acids is 1. The second-order valence-corrected chi connectivity index (χ2v) is 10.6. The third-order valence-electron chi connectivity index (χ3n) is 6.67. The summed E-state index contributed by atoms with van der Waals surface area (Å²) in [7, 11) is 0. The molecule has 1 heterocycles. The Labute approximate surface area is 239 Å². The van der Waals surface area contributed by atoms with Gasteiger partial charge in [-0.1, -0.05) is 32.0 Å². The van der Waals surface area contributed by atoms with Crippen molar-refractivity contribution >= 4 is 40.5 Å². The molecule has 1 aromatic carbocycles. The van der Waals surface area contributed by atoms with E-state index in [0.29, 0.717) is 19.4 Å². The van der Waals surface area contributed by atoms with Crippen molar-refractivity contribution in [1.82, 2.24) is 20.9 Å². The van der Waals surface area contributed by atoms with E-state index >= 15 is 0 Å². The summed E-state index contributed by atoms with van der Waals surface area (Å²) in [6.45, 7) is 4.07. The van der Waals surface area contributed by atoms with Crippen LogP contribution in [0, 0.1) is 5.92 Å². The van der Waals surface area contributed by atoms with Crippen LogP contribution in [0.5, 0.6) is 0 Å². The van der Waals surface area contributed by atoms with Crippen LogP contribution in [0.25, 0.3) is 10.9 Å². The standard InChI is InChI=1S/C28H43N7O6/c1-16(2)13-23(28(40)41)35-26(38)21(9-5-6-12-29)33-27(39)22(34-25(37)19(30)10-11-24(31)36)14-17-15-32-20-8-4-3-7-18(17)20/h3-4,7-8,15-16,19,21-23,32H,5-6,9-14,29-30H2,1-2H3,(H2,31,36)(H,33,39)(H,34,37)(H,35,38)(H,40,41). The summed E-state index contributed by atoms with van der Waals surface area (Å²) in [6, 6.07) is 3.06. The van der Waals surface area contributed by atoms with Gasteiger partial charge in [0.15, 0.2) is 0 Å².